The standard InChI is InChI=1S/C25H42S2/c1-6-17-27(25-14-10-11-15-25,22(5)24-12-8-9-13-24)18-16-20(3)21(4)23(7-2)19-26/h7,14,19-21H,6,8-13,15-18H2,1-5H3/b23-7-. The normalized spacial score (nSPS) is 23.5. The molecule has 2 aliphatic rings. The molecule has 0 aliphatic heterocycles. The SMILES string of the molecule is C/C=C(/C=S)C(C)C(C)CCS(CCC)(C1=CCCC1)C(C)=C1CCCC1. The minimum Gasteiger partial charge on any atom is -0.196 e. The van der Waals surface area contributed by atoms with Crippen molar-refractivity contribution in [2.24, 2.45) is 11.8 Å². The number of allylic oxidation sites excluding steroid dienone is 6. The largest absolute Gasteiger partial charge is 0.196 e. The lowest BCUT2D eigenvalue weighted by Gasteiger charge is -2.45. The molecular weight excluding hydrogens is 364 g/mol. The van der Waals surface area contributed by atoms with Gasteiger partial charge in [0.25, 0.3) is 0 Å². The molecule has 3 atom stereocenters. The lowest BCUT2D eigenvalue weighted by atomic mass is 9.87. The molecule has 0 aromatic heterocycles. The van der Waals surface area contributed by atoms with E-state index in [1.54, 1.807) is 0 Å². The van der Waals surface area contributed by atoms with E-state index in [4.69, 9.17) is 12.2 Å². The van der Waals surface area contributed by atoms with Crippen LogP contribution in [0.25, 0.3) is 0 Å². The van der Waals surface area contributed by atoms with Crippen LogP contribution in [0.2, 0.25) is 0 Å². The molecule has 2 rings (SSSR count). The number of hydrogen-bond acceptors (Lipinski definition) is 1. The fourth-order valence-electron chi connectivity index (χ4n) is 5.05. The molecule has 0 aromatic carbocycles. The molecular formula is C25H42S2. The molecule has 0 aromatic rings. The summed E-state index contributed by atoms with van der Waals surface area (Å²) in [7, 11) is -0.770. The van der Waals surface area contributed by atoms with E-state index in [2.05, 4.69) is 46.8 Å². The summed E-state index contributed by atoms with van der Waals surface area (Å²) in [6.45, 7) is 11.9. The Morgan fingerprint density at radius 2 is 1.85 bits per heavy atom. The Morgan fingerprint density at radius 3 is 2.37 bits per heavy atom. The minimum atomic E-state index is -0.770. The van der Waals surface area contributed by atoms with Crippen molar-refractivity contribution in [3.63, 3.8) is 0 Å². The van der Waals surface area contributed by atoms with E-state index in [1.807, 2.05) is 20.8 Å². The van der Waals surface area contributed by atoms with Gasteiger partial charge in [-0.2, -0.15) is 10.0 Å². The van der Waals surface area contributed by atoms with Crippen molar-refractivity contribution < 1.29 is 0 Å². The van der Waals surface area contributed by atoms with Gasteiger partial charge in [0, 0.05) is 5.37 Å². The first-order valence-corrected chi connectivity index (χ1v) is 13.7. The molecule has 0 nitrogen and oxygen atoms in total. The second-order valence-corrected chi connectivity index (χ2v) is 12.6. The van der Waals surface area contributed by atoms with Crippen molar-refractivity contribution in [1.82, 2.24) is 0 Å². The maximum Gasteiger partial charge on any atom is 0.00451 e. The fraction of sp³-hybridized carbons (Fsp3) is 0.720. The van der Waals surface area contributed by atoms with Crippen LogP contribution < -0.4 is 0 Å². The summed E-state index contributed by atoms with van der Waals surface area (Å²) < 4.78 is 0. The summed E-state index contributed by atoms with van der Waals surface area (Å²) in [5.74, 6) is 4.09. The maximum absolute atomic E-state index is 5.26. The predicted octanol–water partition coefficient (Wildman–Crippen LogP) is 8.73. The van der Waals surface area contributed by atoms with Crippen LogP contribution in [0.15, 0.2) is 33.1 Å². The van der Waals surface area contributed by atoms with Crippen LogP contribution in [0.4, 0.5) is 0 Å². The molecule has 0 spiro atoms. The van der Waals surface area contributed by atoms with Crippen molar-refractivity contribution in [3.8, 4) is 0 Å². The van der Waals surface area contributed by atoms with Crippen LogP contribution in [0, 0.1) is 11.8 Å². The Hall–Kier alpha value is -0.340. The van der Waals surface area contributed by atoms with Crippen LogP contribution in [-0.4, -0.2) is 16.9 Å². The van der Waals surface area contributed by atoms with Crippen LogP contribution in [0.5, 0.6) is 0 Å². The third-order valence-corrected chi connectivity index (χ3v) is 12.3. The zero-order valence-electron chi connectivity index (χ0n) is 18.5. The van der Waals surface area contributed by atoms with Gasteiger partial charge in [-0.3, -0.25) is 0 Å². The van der Waals surface area contributed by atoms with Crippen molar-refractivity contribution in [1.29, 1.82) is 0 Å². The third-order valence-electron chi connectivity index (χ3n) is 7.12. The fourth-order valence-corrected chi connectivity index (χ4v) is 10.3. The molecule has 0 radical (unpaired) electrons. The van der Waals surface area contributed by atoms with E-state index in [9.17, 15) is 0 Å². The Balaban J connectivity index is 2.29. The summed E-state index contributed by atoms with van der Waals surface area (Å²) in [4.78, 5) is 3.71. The Labute approximate surface area is 176 Å². The van der Waals surface area contributed by atoms with Crippen molar-refractivity contribution in [2.45, 2.75) is 92.4 Å². The molecule has 2 aliphatic carbocycles. The molecule has 0 heterocycles. The Bertz CT molecular complexity index is 587. The van der Waals surface area contributed by atoms with Gasteiger partial charge in [-0.15, -0.1) is 0 Å². The molecule has 3 unspecified atom stereocenters. The average Bonchev–Trinajstić information content (AvgIpc) is 3.39. The second kappa shape index (κ2) is 11.0. The summed E-state index contributed by atoms with van der Waals surface area (Å²) in [5, 5.41) is 1.90. The van der Waals surface area contributed by atoms with Gasteiger partial charge >= 0.3 is 0 Å². The van der Waals surface area contributed by atoms with Gasteiger partial charge in [0.15, 0.2) is 0 Å². The van der Waals surface area contributed by atoms with E-state index in [0.717, 1.165) is 0 Å². The number of hydrogen-bond donors (Lipinski definition) is 0. The highest BCUT2D eigenvalue weighted by molar-refractivity contribution is 8.39. The van der Waals surface area contributed by atoms with E-state index >= 15 is 0 Å². The van der Waals surface area contributed by atoms with Crippen LogP contribution in [0.3, 0.4) is 0 Å². The van der Waals surface area contributed by atoms with Gasteiger partial charge in [-0.1, -0.05) is 50.7 Å². The van der Waals surface area contributed by atoms with Gasteiger partial charge in [-0.25, -0.2) is 0 Å². The first-order chi connectivity index (χ1) is 13.0. The monoisotopic (exact) mass is 406 g/mol. The predicted molar refractivity (Wildman–Crippen MR) is 131 cm³/mol. The maximum atomic E-state index is 5.26. The van der Waals surface area contributed by atoms with E-state index in [-0.39, 0.29) is 0 Å². The molecule has 0 bridgehead atoms. The molecule has 0 saturated heterocycles. The Kier molecular flexibility index (Phi) is 9.35. The molecule has 154 valence electrons. The van der Waals surface area contributed by atoms with E-state index in [0.29, 0.717) is 11.8 Å². The highest BCUT2D eigenvalue weighted by Crippen LogP contribution is 2.67. The topological polar surface area (TPSA) is 0 Å². The van der Waals surface area contributed by atoms with Gasteiger partial charge < -0.3 is 0 Å². The molecule has 0 amide bonds. The zero-order valence-corrected chi connectivity index (χ0v) is 20.1. The summed E-state index contributed by atoms with van der Waals surface area (Å²) in [6, 6.07) is 0. The summed E-state index contributed by atoms with van der Waals surface area (Å²) in [6.07, 6.45) is 17.2. The van der Waals surface area contributed by atoms with Gasteiger partial charge in [0.1, 0.15) is 0 Å². The van der Waals surface area contributed by atoms with E-state index < -0.39 is 10.0 Å². The van der Waals surface area contributed by atoms with Gasteiger partial charge in [0.2, 0.25) is 0 Å². The van der Waals surface area contributed by atoms with Crippen molar-refractivity contribution in [2.75, 3.05) is 11.5 Å². The van der Waals surface area contributed by atoms with Gasteiger partial charge in [-0.05, 0) is 110 Å². The van der Waals surface area contributed by atoms with Crippen molar-refractivity contribution >= 4 is 27.6 Å². The smallest absolute Gasteiger partial charge is 0.00451 e. The molecule has 1 fully saturated rings. The van der Waals surface area contributed by atoms with Gasteiger partial charge in [0.05, 0.1) is 0 Å². The molecule has 2 heteroatoms. The average molecular weight is 407 g/mol. The highest BCUT2D eigenvalue weighted by atomic mass is 32.3. The third kappa shape index (κ3) is 5.38. The zero-order chi connectivity index (χ0) is 19.9. The number of rotatable bonds is 10. The Morgan fingerprint density at radius 1 is 1.15 bits per heavy atom. The summed E-state index contributed by atoms with van der Waals surface area (Å²) >= 11 is 5.26. The first-order valence-electron chi connectivity index (χ1n) is 11.3. The molecule has 0 N–H and O–H groups in total. The lowest BCUT2D eigenvalue weighted by Crippen LogP contribution is -2.19. The molecule has 27 heavy (non-hydrogen) atoms. The van der Waals surface area contributed by atoms with Crippen LogP contribution in [0.1, 0.15) is 92.4 Å². The minimum absolute atomic E-state index is 0.572. The summed E-state index contributed by atoms with van der Waals surface area (Å²) in [5.41, 5.74) is 3.18. The highest BCUT2D eigenvalue weighted by Gasteiger charge is 2.33. The van der Waals surface area contributed by atoms with Crippen LogP contribution >= 0.6 is 22.2 Å². The van der Waals surface area contributed by atoms with E-state index in [1.165, 1.54) is 74.9 Å². The lowest BCUT2D eigenvalue weighted by molar-refractivity contribution is 0.440. The molecule has 1 saturated carbocycles. The quantitative estimate of drug-likeness (QED) is 0.258. The first kappa shape index (κ1) is 22.9. The second-order valence-electron chi connectivity index (χ2n) is 8.68. The van der Waals surface area contributed by atoms with Crippen molar-refractivity contribution in [3.05, 3.63) is 33.1 Å². The number of thiocarbonyl (C=S) groups is 1. The van der Waals surface area contributed by atoms with Crippen LogP contribution in [-0.2, 0) is 0 Å².